The van der Waals surface area contributed by atoms with Crippen molar-refractivity contribution in [3.8, 4) is 0 Å². The lowest BCUT2D eigenvalue weighted by molar-refractivity contribution is 0.284. The minimum atomic E-state index is 0.542. The summed E-state index contributed by atoms with van der Waals surface area (Å²) in [5.74, 6) is 1.80. The monoisotopic (exact) mass is 366 g/mol. The van der Waals surface area contributed by atoms with Gasteiger partial charge in [-0.1, -0.05) is 38.0 Å². The van der Waals surface area contributed by atoms with Gasteiger partial charge in [0.1, 0.15) is 0 Å². The van der Waals surface area contributed by atoms with Crippen molar-refractivity contribution in [2.24, 2.45) is 10.9 Å². The van der Waals surface area contributed by atoms with Crippen molar-refractivity contribution in [3.05, 3.63) is 53.0 Å². The van der Waals surface area contributed by atoms with E-state index < -0.39 is 0 Å². The number of fused-ring (bicyclic) bond motifs is 1. The van der Waals surface area contributed by atoms with Crippen molar-refractivity contribution in [2.45, 2.75) is 78.1 Å². The Bertz CT molecular complexity index is 732. The smallest absolute Gasteiger partial charge is 0.216 e. The number of nitrogens with zero attached hydrogens (tertiary/aromatic N) is 2. The van der Waals surface area contributed by atoms with Crippen molar-refractivity contribution in [2.75, 3.05) is 6.61 Å². The van der Waals surface area contributed by atoms with Gasteiger partial charge in [-0.05, 0) is 64.5 Å². The van der Waals surface area contributed by atoms with Crippen LogP contribution >= 0.6 is 0 Å². The molecule has 3 heteroatoms. The zero-order valence-corrected chi connectivity index (χ0v) is 17.3. The van der Waals surface area contributed by atoms with E-state index in [0.29, 0.717) is 24.3 Å². The molecule has 27 heavy (non-hydrogen) atoms. The van der Waals surface area contributed by atoms with E-state index in [4.69, 9.17) is 9.72 Å². The van der Waals surface area contributed by atoms with Gasteiger partial charge in [-0.2, -0.15) is 0 Å². The number of allylic oxidation sites excluding steroid dienone is 2. The fourth-order valence-corrected chi connectivity index (χ4v) is 3.85. The largest absolute Gasteiger partial charge is 0.477 e. The highest BCUT2D eigenvalue weighted by atomic mass is 16.5. The third-order valence-corrected chi connectivity index (χ3v) is 5.75. The summed E-state index contributed by atoms with van der Waals surface area (Å²) in [5, 5.41) is 0. The van der Waals surface area contributed by atoms with Crippen LogP contribution in [0.5, 0.6) is 0 Å². The number of aliphatic imine (C=N–C) groups is 1. The van der Waals surface area contributed by atoms with E-state index in [1.165, 1.54) is 61.9 Å². The van der Waals surface area contributed by atoms with Gasteiger partial charge >= 0.3 is 0 Å². The van der Waals surface area contributed by atoms with Crippen LogP contribution in [0.2, 0.25) is 0 Å². The molecule has 2 atom stereocenters. The van der Waals surface area contributed by atoms with Gasteiger partial charge in [-0.3, -0.25) is 4.98 Å². The maximum Gasteiger partial charge on any atom is 0.216 e. The molecule has 3 rings (SSSR count). The highest BCUT2D eigenvalue weighted by Crippen LogP contribution is 2.47. The van der Waals surface area contributed by atoms with Crippen LogP contribution in [0.4, 0.5) is 0 Å². The van der Waals surface area contributed by atoms with Crippen molar-refractivity contribution in [3.63, 3.8) is 0 Å². The van der Waals surface area contributed by atoms with Gasteiger partial charge in [-0.15, -0.1) is 0 Å². The Kier molecular flexibility index (Phi) is 6.87. The molecule has 0 saturated heterocycles. The number of ether oxygens (including phenoxy) is 1. The molecule has 1 saturated carbocycles. The Balaban J connectivity index is 1.62. The van der Waals surface area contributed by atoms with Crippen LogP contribution < -0.4 is 0 Å². The summed E-state index contributed by atoms with van der Waals surface area (Å²) >= 11 is 0. The van der Waals surface area contributed by atoms with Gasteiger partial charge in [0.15, 0.2) is 0 Å². The average molecular weight is 367 g/mol. The summed E-state index contributed by atoms with van der Waals surface area (Å²) in [6.45, 7) is 10.5. The summed E-state index contributed by atoms with van der Waals surface area (Å²) in [6, 6.07) is 4.61. The fourth-order valence-electron chi connectivity index (χ4n) is 3.85. The number of aryl methyl sites for hydroxylation is 2. The van der Waals surface area contributed by atoms with Crippen LogP contribution in [-0.2, 0) is 17.6 Å². The first-order chi connectivity index (χ1) is 13.1. The van der Waals surface area contributed by atoms with E-state index in [2.05, 4.69) is 23.7 Å². The van der Waals surface area contributed by atoms with E-state index >= 15 is 0 Å². The third-order valence-electron chi connectivity index (χ3n) is 5.75. The highest BCUT2D eigenvalue weighted by Gasteiger charge is 2.40. The molecule has 1 aromatic heterocycles. The lowest BCUT2D eigenvalue weighted by atomic mass is 10.0. The van der Waals surface area contributed by atoms with Crippen LogP contribution in [0.3, 0.4) is 0 Å². The van der Waals surface area contributed by atoms with Gasteiger partial charge in [0.05, 0.1) is 6.61 Å². The molecule has 0 aliphatic heterocycles. The Hall–Kier alpha value is -1.90. The van der Waals surface area contributed by atoms with E-state index in [1.54, 1.807) is 0 Å². The Morgan fingerprint density at radius 2 is 1.93 bits per heavy atom. The summed E-state index contributed by atoms with van der Waals surface area (Å²) in [5.41, 5.74) is 5.94. The third kappa shape index (κ3) is 5.54. The van der Waals surface area contributed by atoms with Gasteiger partial charge in [-0.25, -0.2) is 4.99 Å². The van der Waals surface area contributed by atoms with Gasteiger partial charge in [0.2, 0.25) is 5.90 Å². The fraction of sp³-hybridized carbons (Fsp3) is 0.583. The molecule has 0 bridgehead atoms. The highest BCUT2D eigenvalue weighted by molar-refractivity contribution is 5.93. The first-order valence-electron chi connectivity index (χ1n) is 10.6. The molecule has 2 aliphatic carbocycles. The predicted molar refractivity (Wildman–Crippen MR) is 113 cm³/mol. The molecule has 1 fully saturated rings. The Morgan fingerprint density at radius 3 is 2.67 bits per heavy atom. The zero-order valence-electron chi connectivity index (χ0n) is 17.3. The molecule has 2 aliphatic rings. The normalized spacial score (nSPS) is 23.7. The average Bonchev–Trinajstić information content (AvgIpc) is 3.41. The van der Waals surface area contributed by atoms with Gasteiger partial charge < -0.3 is 4.74 Å². The van der Waals surface area contributed by atoms with E-state index in [1.807, 2.05) is 26.8 Å². The van der Waals surface area contributed by atoms with Crippen molar-refractivity contribution in [1.82, 2.24) is 4.98 Å². The van der Waals surface area contributed by atoms with Crippen LogP contribution in [-0.4, -0.2) is 17.5 Å². The molecular weight excluding hydrogens is 332 g/mol. The maximum atomic E-state index is 6.04. The molecular formula is C24H34N2O. The summed E-state index contributed by atoms with van der Waals surface area (Å²) in [4.78, 5) is 9.53. The maximum absolute atomic E-state index is 6.04. The Labute approximate surface area is 164 Å². The minimum absolute atomic E-state index is 0.542. The second kappa shape index (κ2) is 9.34. The number of aromatic nitrogens is 1. The number of hydrogen-bond acceptors (Lipinski definition) is 3. The SMILES string of the molecule is C=C(C)N=C(OCC1CC1c1ccc2c(n1)CCCCCCC2)C(C)=CC. The van der Waals surface area contributed by atoms with E-state index in [0.717, 1.165) is 17.7 Å². The second-order valence-corrected chi connectivity index (χ2v) is 8.15. The molecule has 0 amide bonds. The zero-order chi connectivity index (χ0) is 19.2. The van der Waals surface area contributed by atoms with Crippen molar-refractivity contribution in [1.29, 1.82) is 0 Å². The van der Waals surface area contributed by atoms with Crippen LogP contribution in [0.15, 0.2) is 41.1 Å². The van der Waals surface area contributed by atoms with Gasteiger partial charge in [0.25, 0.3) is 0 Å². The molecule has 3 nitrogen and oxygen atoms in total. The number of hydrogen-bond donors (Lipinski definition) is 0. The number of rotatable bonds is 5. The van der Waals surface area contributed by atoms with Crippen LogP contribution in [0.1, 0.15) is 82.2 Å². The lowest BCUT2D eigenvalue weighted by Crippen LogP contribution is -2.10. The standard InChI is InChI=1S/C24H34N2O/c1-5-18(4)24(25-17(2)3)27-16-20-15-21(20)23-14-13-19-11-9-7-6-8-10-12-22(19)26-23/h5,13-14,20-21H,2,6-12,15-16H2,1,3-4H3. The minimum Gasteiger partial charge on any atom is -0.477 e. The molecule has 0 radical (unpaired) electrons. The molecule has 0 N–H and O–H groups in total. The molecule has 1 aromatic rings. The van der Waals surface area contributed by atoms with Crippen molar-refractivity contribution >= 4 is 5.90 Å². The molecule has 0 spiro atoms. The first-order valence-corrected chi connectivity index (χ1v) is 10.6. The molecule has 0 aromatic carbocycles. The summed E-state index contributed by atoms with van der Waals surface area (Å²) in [7, 11) is 0. The predicted octanol–water partition coefficient (Wildman–Crippen LogP) is 6.15. The molecule has 2 unspecified atom stereocenters. The van der Waals surface area contributed by atoms with E-state index in [-0.39, 0.29) is 0 Å². The first kappa shape index (κ1) is 19.9. The van der Waals surface area contributed by atoms with E-state index in [9.17, 15) is 0 Å². The molecule has 1 heterocycles. The quantitative estimate of drug-likeness (QED) is 0.463. The summed E-state index contributed by atoms with van der Waals surface area (Å²) < 4.78 is 6.04. The van der Waals surface area contributed by atoms with Gasteiger partial charge in [0, 0.05) is 34.5 Å². The second-order valence-electron chi connectivity index (χ2n) is 8.15. The summed E-state index contributed by atoms with van der Waals surface area (Å²) in [6.07, 6.45) is 12.2. The number of pyridine rings is 1. The Morgan fingerprint density at radius 1 is 1.19 bits per heavy atom. The molecule has 146 valence electrons. The topological polar surface area (TPSA) is 34.5 Å². The van der Waals surface area contributed by atoms with Crippen LogP contribution in [0, 0.1) is 5.92 Å². The van der Waals surface area contributed by atoms with Crippen LogP contribution in [0.25, 0.3) is 0 Å². The van der Waals surface area contributed by atoms with Crippen molar-refractivity contribution < 1.29 is 4.74 Å². The lowest BCUT2D eigenvalue weighted by Gasteiger charge is -2.11.